The van der Waals surface area contributed by atoms with Crippen molar-refractivity contribution in [2.45, 2.75) is 86.0 Å². The molecule has 46 heavy (non-hydrogen) atoms. The highest BCUT2D eigenvalue weighted by Crippen LogP contribution is 2.45. The number of rotatable bonds is 6. The molecule has 6 rings (SSSR count). The number of aliphatic carboxylic acids is 1. The van der Waals surface area contributed by atoms with E-state index in [0.717, 1.165) is 89.3 Å². The van der Waals surface area contributed by atoms with Crippen LogP contribution in [-0.2, 0) is 22.5 Å². The number of aromatic nitrogens is 3. The summed E-state index contributed by atoms with van der Waals surface area (Å²) in [6, 6.07) is 12.7. The monoisotopic (exact) mass is 685 g/mol. The quantitative estimate of drug-likeness (QED) is 0.217. The molecule has 1 fully saturated rings. The average molecular weight is 687 g/mol. The Bertz CT molecular complexity index is 1810. The Morgan fingerprint density at radius 1 is 0.978 bits per heavy atom. The lowest BCUT2D eigenvalue weighted by atomic mass is 9.81. The van der Waals surface area contributed by atoms with Gasteiger partial charge in [-0.1, -0.05) is 48.0 Å². The second kappa shape index (κ2) is 12.2. The second-order valence-corrected chi connectivity index (χ2v) is 15.5. The van der Waals surface area contributed by atoms with Gasteiger partial charge in [0.05, 0.1) is 16.8 Å². The molecule has 4 aromatic rings. The van der Waals surface area contributed by atoms with Gasteiger partial charge in [0.25, 0.3) is 0 Å². The first-order chi connectivity index (χ1) is 21.7. The number of pyridine rings is 1. The first-order valence-corrected chi connectivity index (χ1v) is 16.9. The van der Waals surface area contributed by atoms with Crippen molar-refractivity contribution in [3.63, 3.8) is 0 Å². The molecule has 0 bridgehead atoms. The predicted molar refractivity (Wildman–Crippen MR) is 188 cm³/mol. The van der Waals surface area contributed by atoms with Crippen LogP contribution in [-0.4, -0.2) is 51.3 Å². The summed E-state index contributed by atoms with van der Waals surface area (Å²) in [5.41, 5.74) is 8.32. The molecular weight excluding hydrogens is 642 g/mol. The number of carboxylic acid groups (broad SMARTS) is 1. The summed E-state index contributed by atoms with van der Waals surface area (Å²) in [5.74, 6) is -0.260. The van der Waals surface area contributed by atoms with E-state index in [2.05, 4.69) is 62.8 Å². The normalized spacial score (nSPS) is 17.2. The average Bonchev–Trinajstić information content (AvgIpc) is 2.98. The van der Waals surface area contributed by atoms with Crippen LogP contribution in [0.25, 0.3) is 22.0 Å². The van der Waals surface area contributed by atoms with E-state index in [9.17, 15) is 9.90 Å². The molecule has 0 spiro atoms. The molecule has 0 aliphatic carbocycles. The van der Waals surface area contributed by atoms with Gasteiger partial charge in [0.2, 0.25) is 5.95 Å². The molecule has 1 N–H and O–H groups in total. The molecule has 242 valence electrons. The molecule has 1 atom stereocenters. The minimum Gasteiger partial charge on any atom is -0.479 e. The zero-order valence-corrected chi connectivity index (χ0v) is 29.5. The highest BCUT2D eigenvalue weighted by Gasteiger charge is 2.36. The minimum atomic E-state index is -1.13. The van der Waals surface area contributed by atoms with Crippen LogP contribution >= 0.6 is 15.9 Å². The number of halogens is 1. The summed E-state index contributed by atoms with van der Waals surface area (Å²) < 4.78 is 7.27. The largest absolute Gasteiger partial charge is 0.479 e. The number of hydrogen-bond donors (Lipinski definition) is 1. The number of nitrogens with zero attached hydrogens (tertiary/aromatic N) is 5. The zero-order chi connectivity index (χ0) is 33.0. The number of piperidine rings is 1. The van der Waals surface area contributed by atoms with E-state index in [4.69, 9.17) is 14.7 Å². The van der Waals surface area contributed by atoms with E-state index in [1.54, 1.807) is 0 Å². The standard InChI is InChI=1S/C37H44BrN5O3/c1-22-30(32(42-16-13-37(6,7)14-17-42)31(23(2)40-22)33(34(44)45)46-36(3,4)5)25-8-9-26-21-43(15-12-24(26)18-25)35-39-20-27-19-28(38)10-11-29(27)41-35/h8-11,18-20,33H,12-17,21H2,1-7H3,(H,44,45)/t33-/m0/s1. The Morgan fingerprint density at radius 2 is 1.72 bits per heavy atom. The number of carboxylic acids is 1. The van der Waals surface area contributed by atoms with Gasteiger partial charge in [-0.2, -0.15) is 0 Å². The second-order valence-electron chi connectivity index (χ2n) is 14.5. The maximum Gasteiger partial charge on any atom is 0.337 e. The van der Waals surface area contributed by atoms with Crippen LogP contribution in [0.4, 0.5) is 11.6 Å². The van der Waals surface area contributed by atoms with Crippen molar-refractivity contribution in [3.05, 3.63) is 75.1 Å². The van der Waals surface area contributed by atoms with Gasteiger partial charge in [-0.05, 0) is 94.2 Å². The number of carbonyl (C=O) groups is 1. The molecule has 0 radical (unpaired) electrons. The molecule has 2 aliphatic rings. The zero-order valence-electron chi connectivity index (χ0n) is 27.9. The fourth-order valence-corrected chi connectivity index (χ4v) is 7.16. The first-order valence-electron chi connectivity index (χ1n) is 16.2. The van der Waals surface area contributed by atoms with Crippen LogP contribution in [0.5, 0.6) is 0 Å². The van der Waals surface area contributed by atoms with Gasteiger partial charge in [-0.25, -0.2) is 14.8 Å². The van der Waals surface area contributed by atoms with Crippen molar-refractivity contribution in [2.24, 2.45) is 5.41 Å². The Labute approximate surface area is 280 Å². The summed E-state index contributed by atoms with van der Waals surface area (Å²) in [5, 5.41) is 11.5. The molecule has 4 heterocycles. The van der Waals surface area contributed by atoms with Crippen LogP contribution in [0.1, 0.15) is 81.6 Å². The number of fused-ring (bicyclic) bond motifs is 2. The Kier molecular flexibility index (Phi) is 8.61. The Balaban J connectivity index is 1.41. The summed E-state index contributed by atoms with van der Waals surface area (Å²) in [6.45, 7) is 17.5. The number of anilines is 2. The van der Waals surface area contributed by atoms with E-state index in [1.807, 2.05) is 59.0 Å². The van der Waals surface area contributed by atoms with Crippen LogP contribution in [0.3, 0.4) is 0 Å². The number of aryl methyl sites for hydroxylation is 2. The lowest BCUT2D eigenvalue weighted by molar-refractivity contribution is -0.160. The molecule has 0 saturated carbocycles. The number of benzene rings is 2. The number of ether oxygens (including phenoxy) is 1. The highest BCUT2D eigenvalue weighted by molar-refractivity contribution is 9.10. The van der Waals surface area contributed by atoms with Gasteiger partial charge in [0.15, 0.2) is 6.10 Å². The summed E-state index contributed by atoms with van der Waals surface area (Å²) >= 11 is 3.53. The molecule has 0 amide bonds. The SMILES string of the molecule is Cc1nc(C)c([C@H](OC(C)(C)C)C(=O)O)c(N2CCC(C)(C)CC2)c1-c1ccc2c(c1)CCN(c1ncc3cc(Br)ccc3n1)C2. The minimum absolute atomic E-state index is 0.241. The maximum atomic E-state index is 12.8. The Hall–Kier alpha value is -3.56. The van der Waals surface area contributed by atoms with Gasteiger partial charge in [-0.3, -0.25) is 4.98 Å². The molecule has 2 aliphatic heterocycles. The molecule has 9 heteroatoms. The molecular formula is C37H44BrN5O3. The smallest absolute Gasteiger partial charge is 0.337 e. The molecule has 0 unspecified atom stereocenters. The van der Waals surface area contributed by atoms with Crippen LogP contribution in [0.15, 0.2) is 47.1 Å². The van der Waals surface area contributed by atoms with Crippen molar-refractivity contribution in [3.8, 4) is 11.1 Å². The fourth-order valence-electron chi connectivity index (χ4n) is 6.78. The van der Waals surface area contributed by atoms with E-state index in [1.165, 1.54) is 11.1 Å². The van der Waals surface area contributed by atoms with Gasteiger partial charge in [-0.15, -0.1) is 0 Å². The van der Waals surface area contributed by atoms with Crippen molar-refractivity contribution in [1.29, 1.82) is 0 Å². The van der Waals surface area contributed by atoms with Crippen LogP contribution in [0, 0.1) is 19.3 Å². The summed E-state index contributed by atoms with van der Waals surface area (Å²) in [6.07, 6.45) is 3.67. The third kappa shape index (κ3) is 6.63. The van der Waals surface area contributed by atoms with Crippen LogP contribution < -0.4 is 9.80 Å². The van der Waals surface area contributed by atoms with Gasteiger partial charge >= 0.3 is 5.97 Å². The molecule has 1 saturated heterocycles. The third-order valence-electron chi connectivity index (χ3n) is 9.29. The molecule has 2 aromatic heterocycles. The Morgan fingerprint density at radius 3 is 2.41 bits per heavy atom. The third-order valence-corrected chi connectivity index (χ3v) is 9.78. The van der Waals surface area contributed by atoms with Crippen LogP contribution in [0.2, 0.25) is 0 Å². The van der Waals surface area contributed by atoms with E-state index >= 15 is 0 Å². The van der Waals surface area contributed by atoms with Crippen molar-refractivity contribution in [1.82, 2.24) is 15.0 Å². The van der Waals surface area contributed by atoms with E-state index in [0.29, 0.717) is 11.3 Å². The molecule has 2 aromatic carbocycles. The van der Waals surface area contributed by atoms with Crippen molar-refractivity contribution in [2.75, 3.05) is 29.4 Å². The maximum absolute atomic E-state index is 12.8. The van der Waals surface area contributed by atoms with Gasteiger partial charge in [0, 0.05) is 64.7 Å². The lowest BCUT2D eigenvalue weighted by Gasteiger charge is -2.41. The number of hydrogen-bond acceptors (Lipinski definition) is 7. The lowest BCUT2D eigenvalue weighted by Crippen LogP contribution is -2.39. The topological polar surface area (TPSA) is 91.7 Å². The van der Waals surface area contributed by atoms with E-state index < -0.39 is 17.7 Å². The van der Waals surface area contributed by atoms with E-state index in [-0.39, 0.29) is 5.41 Å². The van der Waals surface area contributed by atoms with Gasteiger partial charge in [0.1, 0.15) is 0 Å². The first kappa shape index (κ1) is 32.4. The summed E-state index contributed by atoms with van der Waals surface area (Å²) in [4.78, 5) is 32.0. The predicted octanol–water partition coefficient (Wildman–Crippen LogP) is 8.20. The van der Waals surface area contributed by atoms with Crippen molar-refractivity contribution < 1.29 is 14.6 Å². The van der Waals surface area contributed by atoms with Crippen molar-refractivity contribution >= 4 is 44.4 Å². The van der Waals surface area contributed by atoms with Gasteiger partial charge < -0.3 is 19.6 Å². The highest BCUT2D eigenvalue weighted by atomic mass is 79.9. The summed E-state index contributed by atoms with van der Waals surface area (Å²) in [7, 11) is 0. The fraction of sp³-hybridized carbons (Fsp3) is 0.459. The molecule has 8 nitrogen and oxygen atoms in total.